The normalized spacial score (nSPS) is 14.8. The number of ether oxygens (including phenoxy) is 3. The standard InChI is InChI=1S/C33H34N4O6/c1-33(2,3)43-32(39)37-14-12-23(19-37)41-27-10-8-20(15-22(27)18-34)24-11-13-35-26-17-29(42-30(24)26)25-9-7-21(16-28(25)40-6)31(38)36(4)5/h7-11,13,15-17,23H,12,14,19H2,1-6H3. The van der Waals surface area contributed by atoms with E-state index in [0.29, 0.717) is 64.6 Å². The zero-order valence-electron chi connectivity index (χ0n) is 25.1. The summed E-state index contributed by atoms with van der Waals surface area (Å²) >= 11 is 0. The summed E-state index contributed by atoms with van der Waals surface area (Å²) in [6, 6.07) is 16.5. The molecule has 0 spiro atoms. The summed E-state index contributed by atoms with van der Waals surface area (Å²) in [4.78, 5) is 32.5. The van der Waals surface area contributed by atoms with Crippen LogP contribution in [0.1, 0.15) is 43.1 Å². The summed E-state index contributed by atoms with van der Waals surface area (Å²) in [5.74, 6) is 1.35. The highest BCUT2D eigenvalue weighted by atomic mass is 16.6. The fourth-order valence-electron chi connectivity index (χ4n) is 4.97. The number of likely N-dealkylation sites (tertiary alicyclic amines) is 1. The van der Waals surface area contributed by atoms with Crippen LogP contribution in [0.5, 0.6) is 11.5 Å². The highest BCUT2D eigenvalue weighted by Crippen LogP contribution is 2.38. The summed E-state index contributed by atoms with van der Waals surface area (Å²) in [5, 5.41) is 9.96. The smallest absolute Gasteiger partial charge is 0.410 e. The van der Waals surface area contributed by atoms with Crippen LogP contribution in [-0.4, -0.2) is 72.8 Å². The molecule has 2 aromatic heterocycles. The molecule has 0 saturated carbocycles. The Bertz CT molecular complexity index is 1730. The molecule has 1 atom stereocenters. The van der Waals surface area contributed by atoms with Crippen molar-refractivity contribution in [2.45, 2.75) is 38.9 Å². The van der Waals surface area contributed by atoms with Gasteiger partial charge in [-0.3, -0.25) is 9.78 Å². The molecule has 1 saturated heterocycles. The molecular weight excluding hydrogens is 548 g/mol. The third-order valence-corrected chi connectivity index (χ3v) is 7.03. The summed E-state index contributed by atoms with van der Waals surface area (Å²) in [7, 11) is 4.93. The van der Waals surface area contributed by atoms with E-state index in [1.165, 1.54) is 4.90 Å². The Labute approximate surface area is 250 Å². The number of rotatable bonds is 6. The lowest BCUT2D eigenvalue weighted by Gasteiger charge is -2.24. The summed E-state index contributed by atoms with van der Waals surface area (Å²) in [6.45, 7) is 6.41. The number of carbonyl (C=O) groups is 2. The van der Waals surface area contributed by atoms with Crippen molar-refractivity contribution in [1.82, 2.24) is 14.8 Å². The van der Waals surface area contributed by atoms with E-state index < -0.39 is 5.60 Å². The second-order valence-corrected chi connectivity index (χ2v) is 11.6. The van der Waals surface area contributed by atoms with Gasteiger partial charge in [0.05, 0.1) is 24.8 Å². The van der Waals surface area contributed by atoms with E-state index in [0.717, 1.165) is 11.1 Å². The Morgan fingerprint density at radius 3 is 2.56 bits per heavy atom. The number of hydrogen-bond donors (Lipinski definition) is 0. The van der Waals surface area contributed by atoms with Gasteiger partial charge in [-0.2, -0.15) is 5.26 Å². The molecule has 1 unspecified atom stereocenters. The number of aromatic nitrogens is 1. The van der Waals surface area contributed by atoms with Crippen LogP contribution in [0.25, 0.3) is 33.6 Å². The monoisotopic (exact) mass is 582 g/mol. The average molecular weight is 583 g/mol. The lowest BCUT2D eigenvalue weighted by molar-refractivity contribution is 0.0275. The van der Waals surface area contributed by atoms with E-state index in [-0.39, 0.29) is 18.1 Å². The molecule has 10 nitrogen and oxygen atoms in total. The first-order valence-corrected chi connectivity index (χ1v) is 13.9. The second-order valence-electron chi connectivity index (χ2n) is 11.6. The number of amides is 2. The SMILES string of the molecule is COc1cc(C(=O)N(C)C)ccc1-c1cc2nccc(-c3ccc(OC4CCN(C(=O)OC(C)(C)C)C4)c(C#N)c3)c2o1. The van der Waals surface area contributed by atoms with Crippen molar-refractivity contribution in [3.63, 3.8) is 0 Å². The largest absolute Gasteiger partial charge is 0.496 e. The molecule has 2 aromatic carbocycles. The van der Waals surface area contributed by atoms with Crippen molar-refractivity contribution >= 4 is 23.1 Å². The second kappa shape index (κ2) is 11.7. The van der Waals surface area contributed by atoms with Crippen LogP contribution in [0.4, 0.5) is 4.79 Å². The van der Waals surface area contributed by atoms with Crippen LogP contribution in [0, 0.1) is 11.3 Å². The fourth-order valence-corrected chi connectivity index (χ4v) is 4.97. The summed E-state index contributed by atoms with van der Waals surface area (Å²) < 4.78 is 23.5. The van der Waals surface area contributed by atoms with Crippen LogP contribution >= 0.6 is 0 Å². The highest BCUT2D eigenvalue weighted by Gasteiger charge is 2.31. The van der Waals surface area contributed by atoms with Gasteiger partial charge in [0.25, 0.3) is 5.91 Å². The molecule has 0 aliphatic carbocycles. The van der Waals surface area contributed by atoms with Crippen LogP contribution in [-0.2, 0) is 4.74 Å². The van der Waals surface area contributed by atoms with Crippen molar-refractivity contribution in [2.24, 2.45) is 0 Å². The lowest BCUT2D eigenvalue weighted by Crippen LogP contribution is -2.36. The van der Waals surface area contributed by atoms with Gasteiger partial charge in [-0.1, -0.05) is 6.07 Å². The minimum atomic E-state index is -0.573. The van der Waals surface area contributed by atoms with E-state index in [9.17, 15) is 14.9 Å². The van der Waals surface area contributed by atoms with Crippen molar-refractivity contribution in [3.8, 4) is 40.0 Å². The Morgan fingerprint density at radius 1 is 1.07 bits per heavy atom. The van der Waals surface area contributed by atoms with Gasteiger partial charge in [0, 0.05) is 50.5 Å². The number of benzene rings is 2. The molecular formula is C33H34N4O6. The Balaban J connectivity index is 1.40. The fraction of sp³-hybridized carbons (Fsp3) is 0.333. The van der Waals surface area contributed by atoms with Crippen molar-refractivity contribution in [1.29, 1.82) is 5.26 Å². The molecule has 4 aromatic rings. The van der Waals surface area contributed by atoms with E-state index >= 15 is 0 Å². The number of furan rings is 1. The number of methoxy groups -OCH3 is 1. The lowest BCUT2D eigenvalue weighted by atomic mass is 10.0. The Morgan fingerprint density at radius 2 is 1.86 bits per heavy atom. The molecule has 222 valence electrons. The maximum absolute atomic E-state index is 12.4. The van der Waals surface area contributed by atoms with Crippen molar-refractivity contribution < 1.29 is 28.2 Å². The molecule has 3 heterocycles. The molecule has 5 rings (SSSR count). The Hall–Kier alpha value is -5.04. The van der Waals surface area contributed by atoms with Crippen molar-refractivity contribution in [2.75, 3.05) is 34.3 Å². The maximum atomic E-state index is 12.4. The topological polar surface area (TPSA) is 118 Å². The zero-order valence-corrected chi connectivity index (χ0v) is 25.1. The summed E-state index contributed by atoms with van der Waals surface area (Å²) in [5.41, 5.74) is 3.68. The van der Waals surface area contributed by atoms with Crippen LogP contribution < -0.4 is 9.47 Å². The number of pyridine rings is 1. The van der Waals surface area contributed by atoms with Gasteiger partial charge in [-0.15, -0.1) is 0 Å². The maximum Gasteiger partial charge on any atom is 0.410 e. The van der Waals surface area contributed by atoms with E-state index in [2.05, 4.69) is 11.1 Å². The van der Waals surface area contributed by atoms with Gasteiger partial charge in [0.2, 0.25) is 0 Å². The Kier molecular flexibility index (Phi) is 8.00. The minimum absolute atomic E-state index is 0.132. The molecule has 43 heavy (non-hydrogen) atoms. The molecule has 1 aliphatic heterocycles. The molecule has 0 radical (unpaired) electrons. The van der Waals surface area contributed by atoms with Gasteiger partial charge >= 0.3 is 6.09 Å². The number of nitriles is 1. The quantitative estimate of drug-likeness (QED) is 0.266. The third-order valence-electron chi connectivity index (χ3n) is 7.03. The van der Waals surface area contributed by atoms with Gasteiger partial charge in [-0.25, -0.2) is 4.79 Å². The molecule has 2 amide bonds. The van der Waals surface area contributed by atoms with Gasteiger partial charge < -0.3 is 28.4 Å². The molecule has 1 aliphatic rings. The first-order chi connectivity index (χ1) is 20.5. The van der Waals surface area contributed by atoms with Gasteiger partial charge in [0.15, 0.2) is 5.58 Å². The van der Waals surface area contributed by atoms with E-state index in [4.69, 9.17) is 18.6 Å². The predicted octanol–water partition coefficient (Wildman–Crippen LogP) is 6.13. The minimum Gasteiger partial charge on any atom is -0.496 e. The van der Waals surface area contributed by atoms with E-state index in [1.807, 2.05) is 39.0 Å². The number of hydrogen-bond acceptors (Lipinski definition) is 8. The van der Waals surface area contributed by atoms with Crippen molar-refractivity contribution in [3.05, 3.63) is 65.9 Å². The van der Waals surface area contributed by atoms with E-state index in [1.54, 1.807) is 62.6 Å². The number of fused-ring (bicyclic) bond motifs is 1. The highest BCUT2D eigenvalue weighted by molar-refractivity contribution is 5.96. The first-order valence-electron chi connectivity index (χ1n) is 13.9. The average Bonchev–Trinajstić information content (AvgIpc) is 3.63. The molecule has 0 bridgehead atoms. The third kappa shape index (κ3) is 6.26. The zero-order chi connectivity index (χ0) is 30.9. The molecule has 10 heteroatoms. The summed E-state index contributed by atoms with van der Waals surface area (Å²) in [6.07, 6.45) is 1.71. The first kappa shape index (κ1) is 29.5. The van der Waals surface area contributed by atoms with Crippen LogP contribution in [0.15, 0.2) is 59.1 Å². The predicted molar refractivity (Wildman–Crippen MR) is 161 cm³/mol. The van der Waals surface area contributed by atoms with Gasteiger partial charge in [-0.05, 0) is 62.7 Å². The molecule has 0 N–H and O–H groups in total. The van der Waals surface area contributed by atoms with Crippen LogP contribution in [0.3, 0.4) is 0 Å². The molecule has 1 fully saturated rings. The van der Waals surface area contributed by atoms with Crippen LogP contribution in [0.2, 0.25) is 0 Å². The van der Waals surface area contributed by atoms with Gasteiger partial charge in [0.1, 0.15) is 40.6 Å². The number of carbonyl (C=O) groups excluding carboxylic acids is 2. The number of nitrogens with zero attached hydrogens (tertiary/aromatic N) is 4.